The lowest BCUT2D eigenvalue weighted by atomic mass is 9.90. The number of aromatic nitrogens is 1. The number of phenols is 1. The lowest BCUT2D eigenvalue weighted by Gasteiger charge is -2.31. The number of phenolic OH excluding ortho intramolecular Hbond substituents is 1. The van der Waals surface area contributed by atoms with Gasteiger partial charge in [0.2, 0.25) is 5.91 Å². The van der Waals surface area contributed by atoms with E-state index in [1.807, 2.05) is 18.2 Å². The summed E-state index contributed by atoms with van der Waals surface area (Å²) in [5, 5.41) is 20.4. The van der Waals surface area contributed by atoms with E-state index in [-0.39, 0.29) is 34.8 Å². The summed E-state index contributed by atoms with van der Waals surface area (Å²) >= 11 is 6.01. The number of nitrogens with zero attached hydrogens (tertiary/aromatic N) is 1. The van der Waals surface area contributed by atoms with Gasteiger partial charge < -0.3 is 21.1 Å². The monoisotopic (exact) mass is 524 g/mol. The summed E-state index contributed by atoms with van der Waals surface area (Å²) < 4.78 is 14.2. The summed E-state index contributed by atoms with van der Waals surface area (Å²) in [6.45, 7) is 2.40. The fraction of sp³-hybridized carbons (Fsp3) is 0.393. The van der Waals surface area contributed by atoms with Crippen LogP contribution in [0.3, 0.4) is 0 Å². The molecule has 2 heterocycles. The van der Waals surface area contributed by atoms with E-state index in [1.54, 1.807) is 6.20 Å². The number of benzene rings is 2. The number of rotatable bonds is 6. The molecule has 2 aromatic carbocycles. The first kappa shape index (κ1) is 25.4. The zero-order valence-electron chi connectivity index (χ0n) is 20.6. The van der Waals surface area contributed by atoms with Gasteiger partial charge in [0.25, 0.3) is 0 Å². The number of halogens is 2. The van der Waals surface area contributed by atoms with Crippen molar-refractivity contribution in [2.24, 2.45) is 0 Å². The normalized spacial score (nSPS) is 21.6. The standard InChI is InChI=1S/C28H30ClFN4O3/c1-15(35)21-14-32-24-9-4-16(17-12-22(29)27(36)23(30)13-17)11-20(24)26(21)33-18-5-7-19(8-6-18)34-28(37)25-3-2-10-31-25/h4,9,11-14,18-19,25,31,36H,2-3,5-8,10H2,1H3,(H,32,33)(H,34,37). The van der Waals surface area contributed by atoms with Crippen LogP contribution in [0.2, 0.25) is 5.02 Å². The molecule has 1 atom stereocenters. The second-order valence-electron chi connectivity index (χ2n) is 9.97. The maximum absolute atomic E-state index is 14.2. The van der Waals surface area contributed by atoms with Crippen LogP contribution in [0.1, 0.15) is 55.8 Å². The average molecular weight is 525 g/mol. The van der Waals surface area contributed by atoms with Crippen molar-refractivity contribution in [2.75, 3.05) is 11.9 Å². The number of Topliss-reactive ketones (excluding diaryl/α,β-unsaturated/α-hetero) is 1. The Hall–Kier alpha value is -3.23. The molecule has 0 radical (unpaired) electrons. The molecule has 4 N–H and O–H groups in total. The van der Waals surface area contributed by atoms with Crippen LogP contribution >= 0.6 is 11.6 Å². The van der Waals surface area contributed by atoms with Crippen LogP contribution in [0.25, 0.3) is 22.0 Å². The third-order valence-corrected chi connectivity index (χ3v) is 7.68. The van der Waals surface area contributed by atoms with Crippen molar-refractivity contribution in [1.29, 1.82) is 0 Å². The first-order valence-corrected chi connectivity index (χ1v) is 13.1. The second-order valence-corrected chi connectivity index (χ2v) is 10.4. The van der Waals surface area contributed by atoms with E-state index < -0.39 is 11.6 Å². The lowest BCUT2D eigenvalue weighted by Crippen LogP contribution is -2.47. The number of fused-ring (bicyclic) bond motifs is 1. The SMILES string of the molecule is CC(=O)c1cnc2ccc(-c3cc(F)c(O)c(Cl)c3)cc2c1NC1CCC(NC(=O)C2CCCN2)CC1. The number of amides is 1. The molecular weight excluding hydrogens is 495 g/mol. The van der Waals surface area contributed by atoms with Gasteiger partial charge in [-0.05, 0) is 87.4 Å². The van der Waals surface area contributed by atoms with Gasteiger partial charge in [-0.3, -0.25) is 14.6 Å². The molecule has 5 rings (SSSR count). The average Bonchev–Trinajstić information content (AvgIpc) is 3.43. The molecule has 1 saturated heterocycles. The minimum absolute atomic E-state index is 0.0726. The quantitative estimate of drug-likeness (QED) is 0.331. The Labute approximate surface area is 219 Å². The minimum atomic E-state index is -0.802. The molecule has 2 aliphatic rings. The summed E-state index contributed by atoms with van der Waals surface area (Å²) in [6.07, 6.45) is 6.91. The predicted molar refractivity (Wildman–Crippen MR) is 143 cm³/mol. The van der Waals surface area contributed by atoms with Crippen LogP contribution < -0.4 is 16.0 Å². The summed E-state index contributed by atoms with van der Waals surface area (Å²) in [5.74, 6) is -1.40. The Morgan fingerprint density at radius 3 is 2.51 bits per heavy atom. The van der Waals surface area contributed by atoms with E-state index in [9.17, 15) is 19.1 Å². The molecule has 1 amide bonds. The Morgan fingerprint density at radius 2 is 1.84 bits per heavy atom. The maximum Gasteiger partial charge on any atom is 0.237 e. The smallest absolute Gasteiger partial charge is 0.237 e. The van der Waals surface area contributed by atoms with Gasteiger partial charge in [0, 0.05) is 23.7 Å². The molecule has 1 aliphatic heterocycles. The largest absolute Gasteiger partial charge is 0.504 e. The van der Waals surface area contributed by atoms with E-state index in [2.05, 4.69) is 20.9 Å². The number of hydrogen-bond donors (Lipinski definition) is 4. The Bertz CT molecular complexity index is 1330. The minimum Gasteiger partial charge on any atom is -0.504 e. The molecule has 1 aliphatic carbocycles. The van der Waals surface area contributed by atoms with Crippen LogP contribution in [0.5, 0.6) is 5.75 Å². The van der Waals surface area contributed by atoms with Crippen LogP contribution in [-0.4, -0.2) is 46.5 Å². The Balaban J connectivity index is 1.38. The summed E-state index contributed by atoms with van der Waals surface area (Å²) in [6, 6.07) is 8.43. The molecule has 1 unspecified atom stereocenters. The van der Waals surface area contributed by atoms with E-state index >= 15 is 0 Å². The van der Waals surface area contributed by atoms with Gasteiger partial charge >= 0.3 is 0 Å². The number of carbonyl (C=O) groups is 2. The summed E-state index contributed by atoms with van der Waals surface area (Å²) in [4.78, 5) is 29.5. The topological polar surface area (TPSA) is 103 Å². The number of anilines is 1. The highest BCUT2D eigenvalue weighted by molar-refractivity contribution is 6.32. The van der Waals surface area contributed by atoms with Gasteiger partial charge in [-0.1, -0.05) is 17.7 Å². The van der Waals surface area contributed by atoms with Crippen LogP contribution in [0.15, 0.2) is 36.5 Å². The molecule has 0 spiro atoms. The molecule has 37 heavy (non-hydrogen) atoms. The van der Waals surface area contributed by atoms with Crippen LogP contribution in [0.4, 0.5) is 10.1 Å². The fourth-order valence-corrected chi connectivity index (χ4v) is 5.53. The maximum atomic E-state index is 14.2. The first-order valence-electron chi connectivity index (χ1n) is 12.7. The number of pyridine rings is 1. The Kier molecular flexibility index (Phi) is 7.31. The van der Waals surface area contributed by atoms with Crippen LogP contribution in [0, 0.1) is 5.82 Å². The highest BCUT2D eigenvalue weighted by Crippen LogP contribution is 2.36. The number of hydrogen-bond acceptors (Lipinski definition) is 6. The van der Waals surface area contributed by atoms with Gasteiger partial charge in [-0.25, -0.2) is 4.39 Å². The van der Waals surface area contributed by atoms with Crippen molar-refractivity contribution >= 4 is 39.9 Å². The predicted octanol–water partition coefficient (Wildman–Crippen LogP) is 5.19. The third-order valence-electron chi connectivity index (χ3n) is 7.40. The highest BCUT2D eigenvalue weighted by atomic mass is 35.5. The summed E-state index contributed by atoms with van der Waals surface area (Å²) in [7, 11) is 0. The van der Waals surface area contributed by atoms with Crippen molar-refractivity contribution in [3.05, 3.63) is 52.9 Å². The molecule has 1 aromatic heterocycles. The van der Waals surface area contributed by atoms with E-state index in [0.29, 0.717) is 27.9 Å². The molecule has 0 bridgehead atoms. The zero-order chi connectivity index (χ0) is 26.1. The van der Waals surface area contributed by atoms with E-state index in [0.717, 1.165) is 50.5 Å². The van der Waals surface area contributed by atoms with Gasteiger partial charge in [0.05, 0.1) is 27.8 Å². The lowest BCUT2D eigenvalue weighted by molar-refractivity contribution is -0.123. The molecule has 194 valence electrons. The number of carbonyl (C=O) groups excluding carboxylic acids is 2. The van der Waals surface area contributed by atoms with Crippen molar-refractivity contribution in [1.82, 2.24) is 15.6 Å². The van der Waals surface area contributed by atoms with E-state index in [1.165, 1.54) is 19.1 Å². The molecule has 9 heteroatoms. The second kappa shape index (κ2) is 10.6. The molecule has 2 fully saturated rings. The number of nitrogens with one attached hydrogen (secondary N) is 3. The molecule has 1 saturated carbocycles. The van der Waals surface area contributed by atoms with Crippen molar-refractivity contribution < 1.29 is 19.1 Å². The molecule has 7 nitrogen and oxygen atoms in total. The first-order chi connectivity index (χ1) is 17.8. The van der Waals surface area contributed by atoms with E-state index in [4.69, 9.17) is 11.6 Å². The van der Waals surface area contributed by atoms with Crippen LogP contribution in [-0.2, 0) is 4.79 Å². The van der Waals surface area contributed by atoms with Gasteiger partial charge in [0.1, 0.15) is 0 Å². The van der Waals surface area contributed by atoms with Gasteiger partial charge in [-0.2, -0.15) is 0 Å². The zero-order valence-corrected chi connectivity index (χ0v) is 21.4. The third kappa shape index (κ3) is 5.40. The van der Waals surface area contributed by atoms with Crippen molar-refractivity contribution in [3.63, 3.8) is 0 Å². The van der Waals surface area contributed by atoms with Gasteiger partial charge in [-0.15, -0.1) is 0 Å². The molecular formula is C28H30ClFN4O3. The highest BCUT2D eigenvalue weighted by Gasteiger charge is 2.28. The summed E-state index contributed by atoms with van der Waals surface area (Å²) in [5.41, 5.74) is 3.08. The molecule has 3 aromatic rings. The Morgan fingerprint density at radius 1 is 1.08 bits per heavy atom. The van der Waals surface area contributed by atoms with Crippen molar-refractivity contribution in [3.8, 4) is 16.9 Å². The fourth-order valence-electron chi connectivity index (χ4n) is 5.32. The van der Waals surface area contributed by atoms with Gasteiger partial charge in [0.15, 0.2) is 17.3 Å². The number of ketones is 1. The number of aromatic hydroxyl groups is 1. The van der Waals surface area contributed by atoms with Crippen molar-refractivity contribution in [2.45, 2.75) is 63.6 Å².